The summed E-state index contributed by atoms with van der Waals surface area (Å²) in [5, 5.41) is 9.48. The summed E-state index contributed by atoms with van der Waals surface area (Å²) >= 11 is 0. The van der Waals surface area contributed by atoms with Gasteiger partial charge in [-0.2, -0.15) is 18.3 Å². The lowest BCUT2D eigenvalue weighted by molar-refractivity contribution is -0.141. The lowest BCUT2D eigenvalue weighted by Gasteiger charge is -2.18. The Bertz CT molecular complexity index is 1160. The zero-order valence-corrected chi connectivity index (χ0v) is 15.7. The van der Waals surface area contributed by atoms with Crippen molar-refractivity contribution in [3.8, 4) is 0 Å². The molecule has 1 aliphatic carbocycles. The van der Waals surface area contributed by atoms with Gasteiger partial charge in [0.15, 0.2) is 0 Å². The molecule has 0 saturated heterocycles. The van der Waals surface area contributed by atoms with Crippen molar-refractivity contribution in [2.45, 2.75) is 44.4 Å². The van der Waals surface area contributed by atoms with Gasteiger partial charge in [-0.1, -0.05) is 6.07 Å². The van der Waals surface area contributed by atoms with E-state index >= 15 is 0 Å². The van der Waals surface area contributed by atoms with Crippen LogP contribution in [0.4, 0.5) is 13.2 Å². The van der Waals surface area contributed by atoms with Crippen LogP contribution in [-0.4, -0.2) is 25.7 Å². The number of rotatable bonds is 4. The maximum atomic E-state index is 12.9. The van der Waals surface area contributed by atoms with Gasteiger partial charge in [0, 0.05) is 11.7 Å². The summed E-state index contributed by atoms with van der Waals surface area (Å²) < 4.78 is 40.2. The first kappa shape index (κ1) is 19.2. The van der Waals surface area contributed by atoms with E-state index in [-0.39, 0.29) is 33.3 Å². The van der Waals surface area contributed by atoms with Crippen molar-refractivity contribution in [2.75, 3.05) is 0 Å². The van der Waals surface area contributed by atoms with E-state index in [1.807, 2.05) is 6.92 Å². The van der Waals surface area contributed by atoms with Crippen LogP contribution in [-0.2, 0) is 11.7 Å². The van der Waals surface area contributed by atoms with Crippen LogP contribution in [0.2, 0.25) is 0 Å². The zero-order chi connectivity index (χ0) is 21.0. The Labute approximate surface area is 162 Å². The number of H-pyrrole nitrogens is 1. The third-order valence-corrected chi connectivity index (χ3v) is 5.27. The lowest BCUT2D eigenvalue weighted by Crippen LogP contribution is -2.32. The molecular weight excluding hydrogens is 387 g/mol. The summed E-state index contributed by atoms with van der Waals surface area (Å²) in [7, 11) is 0. The second-order valence-corrected chi connectivity index (χ2v) is 7.51. The second kappa shape index (κ2) is 6.43. The number of aromatic nitrogens is 4. The molecule has 4 rings (SSSR count). The topological polar surface area (TPSA) is 92.7 Å². The van der Waals surface area contributed by atoms with Gasteiger partial charge >= 0.3 is 6.18 Å². The van der Waals surface area contributed by atoms with Crippen LogP contribution >= 0.6 is 0 Å². The summed E-state index contributed by atoms with van der Waals surface area (Å²) in [5.74, 6) is -0.538. The molecule has 3 aromatic heterocycles. The molecule has 152 valence electrons. The van der Waals surface area contributed by atoms with Gasteiger partial charge in [-0.05, 0) is 38.8 Å². The Morgan fingerprint density at radius 3 is 2.72 bits per heavy atom. The summed E-state index contributed by atoms with van der Waals surface area (Å²) in [4.78, 5) is 29.2. The van der Waals surface area contributed by atoms with Crippen LogP contribution in [0, 0.1) is 0 Å². The fourth-order valence-electron chi connectivity index (χ4n) is 3.23. The first-order valence-corrected chi connectivity index (χ1v) is 9.04. The van der Waals surface area contributed by atoms with Crippen molar-refractivity contribution in [3.63, 3.8) is 0 Å². The van der Waals surface area contributed by atoms with Gasteiger partial charge in [0.25, 0.3) is 11.5 Å². The number of pyridine rings is 2. The summed E-state index contributed by atoms with van der Waals surface area (Å²) in [6.45, 7) is 3.47. The smallest absolute Gasteiger partial charge is 0.344 e. The van der Waals surface area contributed by atoms with E-state index in [2.05, 4.69) is 20.5 Å². The van der Waals surface area contributed by atoms with Gasteiger partial charge in [-0.3, -0.25) is 14.7 Å². The average molecular weight is 405 g/mol. The Balaban J connectivity index is 1.67. The highest BCUT2D eigenvalue weighted by molar-refractivity contribution is 6.05. The van der Waals surface area contributed by atoms with Crippen LogP contribution < -0.4 is 10.9 Å². The van der Waals surface area contributed by atoms with Crippen LogP contribution in [0.1, 0.15) is 54.5 Å². The second-order valence-electron chi connectivity index (χ2n) is 7.51. The fraction of sp³-hybridized carbons (Fsp3) is 0.368. The molecule has 10 heteroatoms. The molecule has 0 aliphatic heterocycles. The molecule has 0 spiro atoms. The van der Waals surface area contributed by atoms with E-state index in [4.69, 9.17) is 0 Å². The zero-order valence-electron chi connectivity index (χ0n) is 15.7. The molecule has 1 aliphatic rings. The van der Waals surface area contributed by atoms with Crippen molar-refractivity contribution < 1.29 is 18.0 Å². The highest BCUT2D eigenvalue weighted by Crippen LogP contribution is 2.42. The number of amides is 1. The maximum absolute atomic E-state index is 12.9. The standard InChI is InChI=1S/C19H18F3N5O2/c1-10(13-4-3-5-14(25-13)19(20,21)22)24-16(28)12-9-27(18(2)6-7-18)17(29)11-8-23-26-15(11)12/h3-5,8-10H,6-7H2,1-2H3,(H,23,26)(H,24,28)/t10-/m1/s1. The molecule has 7 nitrogen and oxygen atoms in total. The van der Waals surface area contributed by atoms with Crippen LogP contribution in [0.3, 0.4) is 0 Å². The molecule has 1 saturated carbocycles. The number of hydrogen-bond acceptors (Lipinski definition) is 4. The number of halogens is 3. The minimum absolute atomic E-state index is 0.0801. The molecule has 0 unspecified atom stereocenters. The van der Waals surface area contributed by atoms with E-state index in [1.165, 1.54) is 29.1 Å². The summed E-state index contributed by atoms with van der Waals surface area (Å²) in [6, 6.07) is 2.76. The summed E-state index contributed by atoms with van der Waals surface area (Å²) in [6.07, 6.45) is -0.0767. The lowest BCUT2D eigenvalue weighted by atomic mass is 10.1. The van der Waals surface area contributed by atoms with Gasteiger partial charge in [-0.25, -0.2) is 4.98 Å². The van der Waals surface area contributed by atoms with Crippen molar-refractivity contribution in [1.82, 2.24) is 25.1 Å². The average Bonchev–Trinajstić information content (AvgIpc) is 3.21. The number of nitrogens with zero attached hydrogens (tertiary/aromatic N) is 3. The number of fused-ring (bicyclic) bond motifs is 1. The number of aromatic amines is 1. The molecule has 1 fully saturated rings. The monoisotopic (exact) mass is 405 g/mol. The largest absolute Gasteiger partial charge is 0.433 e. The molecule has 0 bridgehead atoms. The molecule has 1 atom stereocenters. The van der Waals surface area contributed by atoms with E-state index in [1.54, 1.807) is 6.92 Å². The fourth-order valence-corrected chi connectivity index (χ4v) is 3.23. The van der Waals surface area contributed by atoms with Crippen LogP contribution in [0.15, 0.2) is 35.4 Å². The third kappa shape index (κ3) is 3.39. The molecule has 3 aromatic rings. The molecule has 29 heavy (non-hydrogen) atoms. The number of hydrogen-bond donors (Lipinski definition) is 2. The highest BCUT2D eigenvalue weighted by atomic mass is 19.4. The molecular formula is C19H18F3N5O2. The van der Waals surface area contributed by atoms with Gasteiger partial charge in [0.05, 0.1) is 34.4 Å². The minimum atomic E-state index is -4.57. The van der Waals surface area contributed by atoms with Gasteiger partial charge in [0.2, 0.25) is 0 Å². The number of alkyl halides is 3. The predicted molar refractivity (Wildman–Crippen MR) is 98.4 cm³/mol. The third-order valence-electron chi connectivity index (χ3n) is 5.27. The van der Waals surface area contributed by atoms with E-state index in [0.717, 1.165) is 18.9 Å². The Morgan fingerprint density at radius 1 is 1.34 bits per heavy atom. The van der Waals surface area contributed by atoms with E-state index in [9.17, 15) is 22.8 Å². The molecule has 2 N–H and O–H groups in total. The van der Waals surface area contributed by atoms with Crippen molar-refractivity contribution in [2.24, 2.45) is 0 Å². The first-order chi connectivity index (χ1) is 13.6. The molecule has 3 heterocycles. The normalized spacial score (nSPS) is 16.6. The first-order valence-electron chi connectivity index (χ1n) is 9.04. The minimum Gasteiger partial charge on any atom is -0.344 e. The maximum Gasteiger partial charge on any atom is 0.433 e. The molecule has 0 radical (unpaired) electrons. The number of carbonyl (C=O) groups excluding carboxylic acids is 1. The molecule has 1 amide bonds. The van der Waals surface area contributed by atoms with Gasteiger partial charge in [0.1, 0.15) is 5.69 Å². The Kier molecular flexibility index (Phi) is 4.25. The van der Waals surface area contributed by atoms with Crippen molar-refractivity contribution in [1.29, 1.82) is 0 Å². The Hall–Kier alpha value is -3.17. The molecule has 0 aromatic carbocycles. The van der Waals surface area contributed by atoms with E-state index < -0.39 is 23.8 Å². The van der Waals surface area contributed by atoms with E-state index in [0.29, 0.717) is 0 Å². The van der Waals surface area contributed by atoms with Gasteiger partial charge in [-0.15, -0.1) is 0 Å². The predicted octanol–water partition coefficient (Wildman–Crippen LogP) is 3.14. The number of carbonyl (C=O) groups is 1. The van der Waals surface area contributed by atoms with Crippen molar-refractivity contribution >= 4 is 16.8 Å². The van der Waals surface area contributed by atoms with Crippen molar-refractivity contribution in [3.05, 3.63) is 57.9 Å². The number of nitrogens with one attached hydrogen (secondary N) is 2. The van der Waals surface area contributed by atoms with Gasteiger partial charge < -0.3 is 9.88 Å². The summed E-state index contributed by atoms with van der Waals surface area (Å²) in [5.41, 5.74) is -1.04. The van der Waals surface area contributed by atoms with Crippen LogP contribution in [0.5, 0.6) is 0 Å². The SMILES string of the molecule is C[C@@H](NC(=O)c1cn(C2(C)CC2)c(=O)c2cn[nH]c12)c1cccc(C(F)(F)F)n1. The Morgan fingerprint density at radius 2 is 2.07 bits per heavy atom. The quantitative estimate of drug-likeness (QED) is 0.698. The highest BCUT2D eigenvalue weighted by Gasteiger charge is 2.41. The van der Waals surface area contributed by atoms with Crippen LogP contribution in [0.25, 0.3) is 10.9 Å².